The van der Waals surface area contributed by atoms with Gasteiger partial charge in [0.15, 0.2) is 0 Å². The zero-order valence-corrected chi connectivity index (χ0v) is 19.8. The molecule has 2 fully saturated rings. The zero-order valence-electron chi connectivity index (χ0n) is 19.0. The Morgan fingerprint density at radius 1 is 1.27 bits per heavy atom. The number of ether oxygens (including phenoxy) is 1. The molecule has 1 spiro atoms. The lowest BCUT2D eigenvalue weighted by atomic mass is 9.89. The predicted molar refractivity (Wildman–Crippen MR) is 121 cm³/mol. The highest BCUT2D eigenvalue weighted by molar-refractivity contribution is 7.09. The van der Waals surface area contributed by atoms with E-state index in [9.17, 15) is 18.4 Å². The van der Waals surface area contributed by atoms with E-state index in [4.69, 9.17) is 4.74 Å². The number of thiazole rings is 1. The molecule has 2 aromatic rings. The molecular weight excluding hydrogens is 448 g/mol. The second kappa shape index (κ2) is 9.95. The van der Waals surface area contributed by atoms with Gasteiger partial charge in [-0.2, -0.15) is 0 Å². The number of halogens is 2. The van der Waals surface area contributed by atoms with Gasteiger partial charge in [-0.1, -0.05) is 19.9 Å². The average molecular weight is 478 g/mol. The molecule has 6 nitrogen and oxygen atoms in total. The molecule has 9 heteroatoms. The third kappa shape index (κ3) is 5.15. The summed E-state index contributed by atoms with van der Waals surface area (Å²) in [5.41, 5.74) is 0.292. The molecule has 4 rings (SSSR count). The molecule has 2 aliphatic rings. The van der Waals surface area contributed by atoms with Gasteiger partial charge in [0.2, 0.25) is 0 Å². The Labute approximate surface area is 196 Å². The summed E-state index contributed by atoms with van der Waals surface area (Å²) in [5, 5.41) is 2.79. The van der Waals surface area contributed by atoms with E-state index in [1.165, 1.54) is 23.5 Å². The van der Waals surface area contributed by atoms with Crippen LogP contribution in [-0.4, -0.2) is 65.4 Å². The summed E-state index contributed by atoms with van der Waals surface area (Å²) in [4.78, 5) is 32.2. The van der Waals surface area contributed by atoms with Gasteiger partial charge in [-0.15, -0.1) is 11.3 Å². The summed E-state index contributed by atoms with van der Waals surface area (Å²) in [6.45, 7) is 7.35. The van der Waals surface area contributed by atoms with Crippen molar-refractivity contribution in [3.63, 3.8) is 0 Å². The molecule has 0 unspecified atom stereocenters. The van der Waals surface area contributed by atoms with Crippen LogP contribution >= 0.6 is 11.3 Å². The Balaban J connectivity index is 1.38. The molecule has 3 heterocycles. The molecule has 0 saturated carbocycles. The van der Waals surface area contributed by atoms with E-state index in [1.807, 2.05) is 10.3 Å². The molecule has 0 aliphatic carbocycles. The maximum absolute atomic E-state index is 14.7. The van der Waals surface area contributed by atoms with E-state index < -0.39 is 17.2 Å². The Morgan fingerprint density at radius 2 is 2.03 bits per heavy atom. The summed E-state index contributed by atoms with van der Waals surface area (Å²) >= 11 is 1.51. The molecule has 0 atom stereocenters. The van der Waals surface area contributed by atoms with Crippen molar-refractivity contribution < 1.29 is 23.1 Å². The van der Waals surface area contributed by atoms with Gasteiger partial charge in [0.25, 0.3) is 5.91 Å². The molecule has 0 bridgehead atoms. The Bertz CT molecular complexity index is 1020. The Kier molecular flexibility index (Phi) is 7.21. The molecule has 2 saturated heterocycles. The first-order chi connectivity index (χ1) is 15.8. The maximum Gasteiger partial charge on any atom is 0.273 e. The minimum absolute atomic E-state index is 0.0562. The third-order valence-corrected chi connectivity index (χ3v) is 7.63. The van der Waals surface area contributed by atoms with Gasteiger partial charge in [0.05, 0.1) is 23.8 Å². The second-order valence-corrected chi connectivity index (χ2v) is 10.0. The SMILES string of the molecule is CC(C)c1nc(C(=O)N2CCOC3(CCN(Cc4ccc(F)c(CC=O)c4F)CC3)C2)cs1. The minimum Gasteiger partial charge on any atom is -0.371 e. The fourth-order valence-electron chi connectivity index (χ4n) is 4.53. The molecule has 0 radical (unpaired) electrons. The number of amides is 1. The van der Waals surface area contributed by atoms with Crippen LogP contribution in [0.2, 0.25) is 0 Å². The number of benzene rings is 1. The number of aldehydes is 1. The number of aromatic nitrogens is 1. The van der Waals surface area contributed by atoms with Gasteiger partial charge in [0, 0.05) is 55.0 Å². The highest BCUT2D eigenvalue weighted by Crippen LogP contribution is 2.32. The number of hydrogen-bond donors (Lipinski definition) is 0. The van der Waals surface area contributed by atoms with Crippen LogP contribution in [0.4, 0.5) is 8.78 Å². The summed E-state index contributed by atoms with van der Waals surface area (Å²) < 4.78 is 34.7. The van der Waals surface area contributed by atoms with Crippen molar-refractivity contribution in [3.8, 4) is 0 Å². The van der Waals surface area contributed by atoms with Crippen molar-refractivity contribution in [3.05, 3.63) is 51.0 Å². The Morgan fingerprint density at radius 3 is 2.70 bits per heavy atom. The van der Waals surface area contributed by atoms with Crippen molar-refractivity contribution in [2.24, 2.45) is 0 Å². The quantitative estimate of drug-likeness (QED) is 0.593. The monoisotopic (exact) mass is 477 g/mol. The van der Waals surface area contributed by atoms with Gasteiger partial charge >= 0.3 is 0 Å². The predicted octanol–water partition coefficient (Wildman–Crippen LogP) is 3.79. The fraction of sp³-hybridized carbons (Fsp3) is 0.542. The number of morpholine rings is 1. The van der Waals surface area contributed by atoms with Gasteiger partial charge in [0.1, 0.15) is 23.6 Å². The standard InChI is InChI=1S/C24H29F2N3O3S/c1-16(2)22-27-20(14-33-22)23(31)29-10-12-32-24(15-29)6-8-28(9-7-24)13-17-3-4-19(25)18(5-11-30)21(17)26/h3-4,11,14,16H,5-10,12-13,15H2,1-2H3. The van der Waals surface area contributed by atoms with Crippen molar-refractivity contribution >= 4 is 23.5 Å². The van der Waals surface area contributed by atoms with Crippen LogP contribution in [0.15, 0.2) is 17.5 Å². The average Bonchev–Trinajstić information content (AvgIpc) is 3.30. The minimum atomic E-state index is -0.693. The van der Waals surface area contributed by atoms with Crippen molar-refractivity contribution in [1.29, 1.82) is 0 Å². The van der Waals surface area contributed by atoms with Gasteiger partial charge < -0.3 is 14.4 Å². The van der Waals surface area contributed by atoms with Gasteiger partial charge in [-0.25, -0.2) is 13.8 Å². The van der Waals surface area contributed by atoms with Crippen LogP contribution in [-0.2, 0) is 22.5 Å². The number of likely N-dealkylation sites (tertiary alicyclic amines) is 1. The molecule has 1 aromatic carbocycles. The number of rotatable bonds is 6. The van der Waals surface area contributed by atoms with Gasteiger partial charge in [-0.05, 0) is 18.9 Å². The fourth-order valence-corrected chi connectivity index (χ4v) is 5.34. The molecule has 1 aromatic heterocycles. The molecular formula is C24H29F2N3O3S. The largest absolute Gasteiger partial charge is 0.371 e. The zero-order chi connectivity index (χ0) is 23.6. The molecule has 0 N–H and O–H groups in total. The lowest BCUT2D eigenvalue weighted by molar-refractivity contribution is -0.128. The second-order valence-electron chi connectivity index (χ2n) is 9.13. The lowest BCUT2D eigenvalue weighted by Crippen LogP contribution is -2.58. The first-order valence-corrected chi connectivity index (χ1v) is 12.2. The normalized spacial score (nSPS) is 18.8. The number of carbonyl (C=O) groups is 2. The van der Waals surface area contributed by atoms with Crippen LogP contribution in [0.25, 0.3) is 0 Å². The van der Waals surface area contributed by atoms with E-state index in [2.05, 4.69) is 23.7 Å². The highest BCUT2D eigenvalue weighted by Gasteiger charge is 2.41. The molecule has 178 valence electrons. The van der Waals surface area contributed by atoms with Gasteiger partial charge in [-0.3, -0.25) is 9.69 Å². The Hall–Kier alpha value is -2.23. The van der Waals surface area contributed by atoms with Crippen molar-refractivity contribution in [2.45, 2.75) is 51.2 Å². The summed E-state index contributed by atoms with van der Waals surface area (Å²) in [7, 11) is 0. The highest BCUT2D eigenvalue weighted by atomic mass is 32.1. The van der Waals surface area contributed by atoms with E-state index >= 15 is 0 Å². The molecule has 1 amide bonds. The maximum atomic E-state index is 14.7. The third-order valence-electron chi connectivity index (χ3n) is 6.49. The number of carbonyl (C=O) groups excluding carboxylic acids is 2. The number of hydrogen-bond acceptors (Lipinski definition) is 6. The van der Waals surface area contributed by atoms with E-state index in [0.29, 0.717) is 56.9 Å². The van der Waals surface area contributed by atoms with Crippen LogP contribution in [0.1, 0.15) is 59.2 Å². The van der Waals surface area contributed by atoms with Crippen LogP contribution in [0, 0.1) is 11.6 Å². The molecule has 33 heavy (non-hydrogen) atoms. The smallest absolute Gasteiger partial charge is 0.273 e. The van der Waals surface area contributed by atoms with E-state index in [-0.39, 0.29) is 23.8 Å². The number of nitrogens with zero attached hydrogens (tertiary/aromatic N) is 3. The topological polar surface area (TPSA) is 62.7 Å². The lowest BCUT2D eigenvalue weighted by Gasteiger charge is -2.47. The first-order valence-electron chi connectivity index (χ1n) is 11.3. The first kappa shape index (κ1) is 23.9. The van der Waals surface area contributed by atoms with Crippen LogP contribution < -0.4 is 0 Å². The van der Waals surface area contributed by atoms with Crippen molar-refractivity contribution in [1.82, 2.24) is 14.8 Å². The van der Waals surface area contributed by atoms with Crippen molar-refractivity contribution in [2.75, 3.05) is 32.8 Å². The van der Waals surface area contributed by atoms with Crippen LogP contribution in [0.3, 0.4) is 0 Å². The summed E-state index contributed by atoms with van der Waals surface area (Å²) in [6, 6.07) is 2.67. The summed E-state index contributed by atoms with van der Waals surface area (Å²) in [5.74, 6) is -1.10. The van der Waals surface area contributed by atoms with E-state index in [1.54, 1.807) is 0 Å². The summed E-state index contributed by atoms with van der Waals surface area (Å²) in [6.07, 6.45) is 1.67. The molecule has 2 aliphatic heterocycles. The number of piperidine rings is 1. The van der Waals surface area contributed by atoms with Crippen LogP contribution in [0.5, 0.6) is 0 Å². The van der Waals surface area contributed by atoms with E-state index in [0.717, 1.165) is 17.8 Å².